The molecule has 1 heterocycles. The van der Waals surface area contributed by atoms with Gasteiger partial charge in [0.2, 0.25) is 5.41 Å². The van der Waals surface area contributed by atoms with Crippen LogP contribution in [0.3, 0.4) is 0 Å². The van der Waals surface area contributed by atoms with Crippen molar-refractivity contribution >= 4 is 30.4 Å². The SMILES string of the molecule is COC(=O)C1(C(=O)OC)Cc2cccc([Si](C)(C)c3ccccc3)c2OC1c1ccccc1. The first kappa shape index (κ1) is 22.8. The van der Waals surface area contributed by atoms with Crippen LogP contribution in [0.1, 0.15) is 17.2 Å². The van der Waals surface area contributed by atoms with Crippen LogP contribution in [0.4, 0.5) is 0 Å². The normalized spacial score (nSPS) is 16.8. The van der Waals surface area contributed by atoms with E-state index in [2.05, 4.69) is 31.3 Å². The van der Waals surface area contributed by atoms with Gasteiger partial charge in [0.25, 0.3) is 0 Å². The highest BCUT2D eigenvalue weighted by atomic mass is 28.3. The van der Waals surface area contributed by atoms with Crippen LogP contribution in [-0.2, 0) is 25.5 Å². The molecule has 1 atom stereocenters. The Morgan fingerprint density at radius 1 is 0.848 bits per heavy atom. The zero-order valence-electron chi connectivity index (χ0n) is 19.3. The van der Waals surface area contributed by atoms with Crippen molar-refractivity contribution in [2.45, 2.75) is 25.6 Å². The quantitative estimate of drug-likeness (QED) is 0.331. The number of ether oxygens (including phenoxy) is 3. The summed E-state index contributed by atoms with van der Waals surface area (Å²) in [5.74, 6) is -0.590. The minimum absolute atomic E-state index is 0.133. The predicted molar refractivity (Wildman–Crippen MR) is 130 cm³/mol. The third-order valence-electron chi connectivity index (χ3n) is 6.62. The summed E-state index contributed by atoms with van der Waals surface area (Å²) in [7, 11) is 0.428. The molecule has 170 valence electrons. The molecule has 0 spiro atoms. The van der Waals surface area contributed by atoms with Gasteiger partial charge in [0.15, 0.2) is 6.10 Å². The Balaban J connectivity index is 1.94. The van der Waals surface area contributed by atoms with Gasteiger partial charge in [-0.25, -0.2) is 0 Å². The maximum Gasteiger partial charge on any atom is 0.327 e. The van der Waals surface area contributed by atoms with Crippen LogP contribution < -0.4 is 15.1 Å². The van der Waals surface area contributed by atoms with E-state index in [1.165, 1.54) is 19.4 Å². The van der Waals surface area contributed by atoms with Crippen LogP contribution in [0.5, 0.6) is 5.75 Å². The Kier molecular flexibility index (Phi) is 6.12. The van der Waals surface area contributed by atoms with E-state index in [1.54, 1.807) is 0 Å². The molecule has 6 heteroatoms. The molecule has 0 saturated carbocycles. The van der Waals surface area contributed by atoms with Crippen molar-refractivity contribution in [2.75, 3.05) is 14.2 Å². The van der Waals surface area contributed by atoms with Crippen LogP contribution in [0.15, 0.2) is 78.9 Å². The van der Waals surface area contributed by atoms with E-state index in [1.807, 2.05) is 60.7 Å². The molecular weight excluding hydrogens is 432 g/mol. The molecule has 1 unspecified atom stereocenters. The van der Waals surface area contributed by atoms with E-state index >= 15 is 0 Å². The lowest BCUT2D eigenvalue weighted by atomic mass is 9.72. The van der Waals surface area contributed by atoms with Crippen LogP contribution >= 0.6 is 0 Å². The molecule has 0 amide bonds. The predicted octanol–water partition coefficient (Wildman–Crippen LogP) is 3.52. The number of rotatable bonds is 5. The highest BCUT2D eigenvalue weighted by Crippen LogP contribution is 2.48. The van der Waals surface area contributed by atoms with Crippen LogP contribution in [0.25, 0.3) is 0 Å². The number of hydrogen-bond acceptors (Lipinski definition) is 5. The summed E-state index contributed by atoms with van der Waals surface area (Å²) in [6.07, 6.45) is -0.748. The van der Waals surface area contributed by atoms with Gasteiger partial charge in [-0.1, -0.05) is 97.1 Å². The lowest BCUT2D eigenvalue weighted by molar-refractivity contribution is -0.178. The Labute approximate surface area is 195 Å². The van der Waals surface area contributed by atoms with Gasteiger partial charge in [-0.2, -0.15) is 0 Å². The van der Waals surface area contributed by atoms with Crippen molar-refractivity contribution in [2.24, 2.45) is 5.41 Å². The van der Waals surface area contributed by atoms with Crippen molar-refractivity contribution in [3.05, 3.63) is 90.0 Å². The molecule has 3 aromatic rings. The number of methoxy groups -OCH3 is 2. The second-order valence-electron chi connectivity index (χ2n) is 8.82. The van der Waals surface area contributed by atoms with Gasteiger partial charge in [-0.3, -0.25) is 9.59 Å². The molecule has 4 rings (SSSR count). The Bertz CT molecular complexity index is 1140. The maximum absolute atomic E-state index is 13.2. The van der Waals surface area contributed by atoms with Crippen LogP contribution in [0, 0.1) is 5.41 Å². The number of para-hydroxylation sites is 1. The fourth-order valence-corrected chi connectivity index (χ4v) is 7.40. The van der Waals surface area contributed by atoms with E-state index in [0.29, 0.717) is 5.56 Å². The first-order valence-corrected chi connectivity index (χ1v) is 13.9. The number of benzene rings is 3. The zero-order chi connectivity index (χ0) is 23.6. The molecule has 0 fully saturated rings. The molecule has 0 aliphatic carbocycles. The first-order chi connectivity index (χ1) is 15.9. The molecule has 1 aliphatic rings. The molecule has 1 aliphatic heterocycles. The average molecular weight is 461 g/mol. The van der Waals surface area contributed by atoms with Crippen molar-refractivity contribution in [3.63, 3.8) is 0 Å². The summed E-state index contributed by atoms with van der Waals surface area (Å²) in [4.78, 5) is 26.4. The molecule has 3 aromatic carbocycles. The van der Waals surface area contributed by atoms with Crippen molar-refractivity contribution < 1.29 is 23.8 Å². The largest absolute Gasteiger partial charge is 0.484 e. The first-order valence-electron chi connectivity index (χ1n) is 10.9. The Morgan fingerprint density at radius 2 is 1.42 bits per heavy atom. The van der Waals surface area contributed by atoms with Gasteiger partial charge < -0.3 is 14.2 Å². The number of carbonyl (C=O) groups excluding carboxylic acids is 2. The standard InChI is InChI=1S/C27H28O5Si/c1-30-25(28)27(26(29)31-2)18-20-14-11-17-22(33(3,4)21-15-9-6-10-16-21)23(20)32-24(27)19-12-7-5-8-13-19/h5-17,24H,18H2,1-4H3. The average Bonchev–Trinajstić information content (AvgIpc) is 2.87. The minimum Gasteiger partial charge on any atom is -0.484 e. The van der Waals surface area contributed by atoms with E-state index in [4.69, 9.17) is 14.2 Å². The number of esters is 2. The Morgan fingerprint density at radius 3 is 2.00 bits per heavy atom. The maximum atomic E-state index is 13.2. The van der Waals surface area contributed by atoms with Gasteiger partial charge in [0, 0.05) is 6.42 Å². The number of carbonyl (C=O) groups is 2. The van der Waals surface area contributed by atoms with Crippen molar-refractivity contribution in [1.29, 1.82) is 0 Å². The molecule has 0 radical (unpaired) electrons. The highest BCUT2D eigenvalue weighted by molar-refractivity contribution is 7.01. The zero-order valence-corrected chi connectivity index (χ0v) is 20.3. The van der Waals surface area contributed by atoms with E-state index < -0.39 is 31.5 Å². The fraction of sp³-hybridized carbons (Fsp3) is 0.259. The molecule has 33 heavy (non-hydrogen) atoms. The van der Waals surface area contributed by atoms with E-state index in [0.717, 1.165) is 16.5 Å². The van der Waals surface area contributed by atoms with Gasteiger partial charge in [0.1, 0.15) is 13.8 Å². The van der Waals surface area contributed by atoms with E-state index in [9.17, 15) is 9.59 Å². The molecule has 0 N–H and O–H groups in total. The van der Waals surface area contributed by atoms with Gasteiger partial charge in [-0.05, 0) is 16.3 Å². The van der Waals surface area contributed by atoms with Crippen molar-refractivity contribution in [3.8, 4) is 5.75 Å². The highest BCUT2D eigenvalue weighted by Gasteiger charge is 2.59. The van der Waals surface area contributed by atoms with Crippen LogP contribution in [-0.4, -0.2) is 34.2 Å². The summed E-state index contributed by atoms with van der Waals surface area (Å²) in [6.45, 7) is 4.56. The van der Waals surface area contributed by atoms with Gasteiger partial charge in [-0.15, -0.1) is 0 Å². The van der Waals surface area contributed by atoms with Crippen molar-refractivity contribution in [1.82, 2.24) is 0 Å². The molecule has 0 saturated heterocycles. The third-order valence-corrected chi connectivity index (χ3v) is 10.1. The summed E-state index contributed by atoms with van der Waals surface area (Å²) in [6, 6.07) is 25.7. The van der Waals surface area contributed by atoms with Crippen LogP contribution in [0.2, 0.25) is 13.1 Å². The lowest BCUT2D eigenvalue weighted by Gasteiger charge is -2.42. The lowest BCUT2D eigenvalue weighted by Crippen LogP contribution is -2.56. The molecule has 0 aromatic heterocycles. The second-order valence-corrected chi connectivity index (χ2v) is 13.2. The smallest absolute Gasteiger partial charge is 0.327 e. The fourth-order valence-electron chi connectivity index (χ4n) is 4.76. The second kappa shape index (κ2) is 8.87. The summed E-state index contributed by atoms with van der Waals surface area (Å²) < 4.78 is 16.9. The number of hydrogen-bond donors (Lipinski definition) is 0. The third kappa shape index (κ3) is 3.74. The molecule has 5 nitrogen and oxygen atoms in total. The van der Waals surface area contributed by atoms with E-state index in [-0.39, 0.29) is 6.42 Å². The monoisotopic (exact) mass is 460 g/mol. The minimum atomic E-state index is -2.14. The van der Waals surface area contributed by atoms with Gasteiger partial charge >= 0.3 is 11.9 Å². The molecular formula is C27H28O5Si. The number of fused-ring (bicyclic) bond motifs is 1. The topological polar surface area (TPSA) is 61.8 Å². The summed E-state index contributed by atoms with van der Waals surface area (Å²) >= 11 is 0. The van der Waals surface area contributed by atoms with Gasteiger partial charge in [0.05, 0.1) is 14.2 Å². The summed E-state index contributed by atoms with van der Waals surface area (Å²) in [5, 5.41) is 2.39. The summed E-state index contributed by atoms with van der Waals surface area (Å²) in [5.41, 5.74) is -0.130. The Hall–Kier alpha value is -3.38. The molecule has 0 bridgehead atoms.